The summed E-state index contributed by atoms with van der Waals surface area (Å²) < 4.78 is 0. The molecule has 0 bridgehead atoms. The zero-order valence-electron chi connectivity index (χ0n) is 25.8. The predicted octanol–water partition coefficient (Wildman–Crippen LogP) is 11.1. The van der Waals surface area contributed by atoms with Crippen molar-refractivity contribution in [2.45, 2.75) is 13.8 Å². The lowest BCUT2D eigenvalue weighted by atomic mass is 9.92. The molecule has 2 aromatic heterocycles. The number of fused-ring (bicyclic) bond motifs is 3. The molecule has 0 unspecified atom stereocenters. The first-order chi connectivity index (χ1) is 22.6. The maximum Gasteiger partial charge on any atom is 0.160 e. The van der Waals surface area contributed by atoms with Gasteiger partial charge in [-0.3, -0.25) is 0 Å². The van der Waals surface area contributed by atoms with E-state index >= 15 is 0 Å². The highest BCUT2D eigenvalue weighted by molar-refractivity contribution is 6.17. The summed E-state index contributed by atoms with van der Waals surface area (Å²) in [6, 6.07) is 53.2. The molecule has 2 heterocycles. The first kappa shape index (κ1) is 27.6. The van der Waals surface area contributed by atoms with Crippen molar-refractivity contribution in [3.63, 3.8) is 0 Å². The van der Waals surface area contributed by atoms with Crippen LogP contribution in [0.3, 0.4) is 0 Å². The van der Waals surface area contributed by atoms with Gasteiger partial charge in [0.25, 0.3) is 0 Å². The summed E-state index contributed by atoms with van der Waals surface area (Å²) in [4.78, 5) is 15.5. The van der Waals surface area contributed by atoms with Crippen molar-refractivity contribution in [1.82, 2.24) is 15.0 Å². The van der Waals surface area contributed by atoms with E-state index in [2.05, 4.69) is 159 Å². The van der Waals surface area contributed by atoms with Crippen LogP contribution in [0, 0.1) is 13.8 Å². The van der Waals surface area contributed by atoms with Crippen LogP contribution in [-0.2, 0) is 0 Å². The summed E-state index contributed by atoms with van der Waals surface area (Å²) in [5.74, 6) is 0.705. The molecule has 8 rings (SSSR count). The maximum absolute atomic E-state index is 5.33. The third-order valence-corrected chi connectivity index (χ3v) is 8.63. The van der Waals surface area contributed by atoms with Crippen molar-refractivity contribution in [1.29, 1.82) is 0 Å². The topological polar surface area (TPSA) is 38.7 Å². The minimum Gasteiger partial charge on any atom is -0.247 e. The first-order valence-corrected chi connectivity index (χ1v) is 15.6. The van der Waals surface area contributed by atoms with Gasteiger partial charge in [0.15, 0.2) is 5.82 Å². The summed E-state index contributed by atoms with van der Waals surface area (Å²) >= 11 is 0. The van der Waals surface area contributed by atoms with Gasteiger partial charge in [0.2, 0.25) is 0 Å². The van der Waals surface area contributed by atoms with Gasteiger partial charge in [0, 0.05) is 38.4 Å². The Hall–Kier alpha value is -5.93. The molecule has 0 atom stereocenters. The van der Waals surface area contributed by atoms with E-state index in [0.717, 1.165) is 55.6 Å². The largest absolute Gasteiger partial charge is 0.247 e. The Morgan fingerprint density at radius 2 is 0.978 bits per heavy atom. The van der Waals surface area contributed by atoms with E-state index in [1.54, 1.807) is 0 Å². The molecular weight excluding hydrogens is 558 g/mol. The monoisotopic (exact) mass is 589 g/mol. The molecule has 8 aromatic rings. The second-order valence-electron chi connectivity index (χ2n) is 11.8. The number of hydrogen-bond donors (Lipinski definition) is 0. The van der Waals surface area contributed by atoms with Crippen LogP contribution in [0.1, 0.15) is 11.1 Å². The van der Waals surface area contributed by atoms with Crippen molar-refractivity contribution >= 4 is 21.7 Å². The summed E-state index contributed by atoms with van der Waals surface area (Å²) in [6.07, 6.45) is 0. The summed E-state index contributed by atoms with van der Waals surface area (Å²) in [6.45, 7) is 4.20. The van der Waals surface area contributed by atoms with E-state index in [9.17, 15) is 0 Å². The number of aromatic nitrogens is 3. The van der Waals surface area contributed by atoms with Crippen LogP contribution in [0.4, 0.5) is 0 Å². The van der Waals surface area contributed by atoms with Crippen LogP contribution < -0.4 is 0 Å². The Balaban J connectivity index is 1.38. The first-order valence-electron chi connectivity index (χ1n) is 15.6. The van der Waals surface area contributed by atoms with Crippen molar-refractivity contribution in [2.75, 3.05) is 0 Å². The van der Waals surface area contributed by atoms with E-state index in [1.807, 2.05) is 6.07 Å². The van der Waals surface area contributed by atoms with E-state index in [4.69, 9.17) is 15.0 Å². The molecule has 0 saturated carbocycles. The molecule has 0 fully saturated rings. The van der Waals surface area contributed by atoms with Crippen LogP contribution in [0.15, 0.2) is 152 Å². The highest BCUT2D eigenvalue weighted by atomic mass is 14.9. The van der Waals surface area contributed by atoms with Gasteiger partial charge in [-0.25, -0.2) is 15.0 Å². The van der Waals surface area contributed by atoms with Gasteiger partial charge in [0.1, 0.15) is 0 Å². The normalized spacial score (nSPS) is 11.3. The highest BCUT2D eigenvalue weighted by Crippen LogP contribution is 2.40. The van der Waals surface area contributed by atoms with Crippen molar-refractivity contribution in [3.05, 3.63) is 163 Å². The zero-order valence-corrected chi connectivity index (χ0v) is 25.8. The number of rotatable bonds is 5. The van der Waals surface area contributed by atoms with Gasteiger partial charge in [-0.1, -0.05) is 151 Å². The van der Waals surface area contributed by atoms with Gasteiger partial charge >= 0.3 is 0 Å². The van der Waals surface area contributed by atoms with Crippen LogP contribution in [0.25, 0.3) is 78.0 Å². The molecule has 0 aliphatic carbocycles. The van der Waals surface area contributed by atoms with E-state index in [1.165, 1.54) is 27.6 Å². The molecule has 0 spiro atoms. The van der Waals surface area contributed by atoms with Gasteiger partial charge in [-0.05, 0) is 37.1 Å². The molecule has 0 N–H and O–H groups in total. The third-order valence-electron chi connectivity index (χ3n) is 8.63. The Morgan fingerprint density at radius 3 is 1.65 bits per heavy atom. The molecule has 0 saturated heterocycles. The van der Waals surface area contributed by atoms with E-state index < -0.39 is 0 Å². The number of benzene rings is 6. The Morgan fingerprint density at radius 1 is 0.391 bits per heavy atom. The number of hydrogen-bond acceptors (Lipinski definition) is 3. The standard InChI is InChI=1S/C43H31N3/c1-28-16-20-31(21-17-28)38-27-39(46-43(45-38)33-22-18-29(2)19-23-33)34-24-25-36-40(26-34)44-42(32-12-7-4-8-13-32)37-15-9-14-35(41(36)37)30-10-5-3-6-11-30/h3-27H,1-2H3. The van der Waals surface area contributed by atoms with Gasteiger partial charge in [-0.2, -0.15) is 0 Å². The summed E-state index contributed by atoms with van der Waals surface area (Å²) in [5, 5.41) is 3.45. The Kier molecular flexibility index (Phi) is 6.92. The molecule has 218 valence electrons. The number of aryl methyl sites for hydroxylation is 2. The Bertz CT molecular complexity index is 2280. The van der Waals surface area contributed by atoms with Crippen LogP contribution >= 0.6 is 0 Å². The van der Waals surface area contributed by atoms with Crippen LogP contribution in [0.5, 0.6) is 0 Å². The molecule has 0 amide bonds. The molecular formula is C43H31N3. The molecule has 6 aromatic carbocycles. The summed E-state index contributed by atoms with van der Waals surface area (Å²) in [5.41, 5.74) is 12.6. The lowest BCUT2D eigenvalue weighted by molar-refractivity contribution is 1.18. The van der Waals surface area contributed by atoms with Gasteiger partial charge in [-0.15, -0.1) is 0 Å². The second kappa shape index (κ2) is 11.5. The minimum atomic E-state index is 0.705. The molecule has 0 radical (unpaired) electrons. The molecule has 46 heavy (non-hydrogen) atoms. The maximum atomic E-state index is 5.33. The SMILES string of the molecule is Cc1ccc(-c2cc(-c3ccc4c(c3)nc(-c3ccccc3)c3cccc(-c5ccccc5)c34)nc(-c3ccc(C)cc3)n2)cc1. The molecule has 3 heteroatoms. The fourth-order valence-electron chi connectivity index (χ4n) is 6.19. The number of nitrogens with zero attached hydrogens (tertiary/aromatic N) is 3. The molecule has 3 nitrogen and oxygen atoms in total. The lowest BCUT2D eigenvalue weighted by Gasteiger charge is -2.15. The molecule has 0 aliphatic heterocycles. The fraction of sp³-hybridized carbons (Fsp3) is 0.0465. The average molecular weight is 590 g/mol. The third kappa shape index (κ3) is 5.12. The smallest absolute Gasteiger partial charge is 0.160 e. The summed E-state index contributed by atoms with van der Waals surface area (Å²) in [7, 11) is 0. The second-order valence-corrected chi connectivity index (χ2v) is 11.8. The van der Waals surface area contributed by atoms with Crippen molar-refractivity contribution in [3.8, 4) is 56.3 Å². The lowest BCUT2D eigenvalue weighted by Crippen LogP contribution is -1.97. The van der Waals surface area contributed by atoms with Crippen LogP contribution in [-0.4, -0.2) is 15.0 Å². The van der Waals surface area contributed by atoms with E-state index in [0.29, 0.717) is 5.82 Å². The Labute approximate surface area is 268 Å². The average Bonchev–Trinajstić information content (AvgIpc) is 3.12. The highest BCUT2D eigenvalue weighted by Gasteiger charge is 2.17. The molecule has 0 aliphatic rings. The predicted molar refractivity (Wildman–Crippen MR) is 191 cm³/mol. The zero-order chi connectivity index (χ0) is 31.0. The fourth-order valence-corrected chi connectivity index (χ4v) is 6.19. The van der Waals surface area contributed by atoms with Gasteiger partial charge < -0.3 is 0 Å². The van der Waals surface area contributed by atoms with Gasteiger partial charge in [0.05, 0.1) is 22.6 Å². The van der Waals surface area contributed by atoms with E-state index in [-0.39, 0.29) is 0 Å². The quantitative estimate of drug-likeness (QED) is 0.187. The van der Waals surface area contributed by atoms with Crippen molar-refractivity contribution < 1.29 is 0 Å². The van der Waals surface area contributed by atoms with Crippen LogP contribution in [0.2, 0.25) is 0 Å². The number of pyridine rings is 1. The minimum absolute atomic E-state index is 0.705. The van der Waals surface area contributed by atoms with Crippen molar-refractivity contribution in [2.24, 2.45) is 0 Å².